The number of rotatable bonds is 4. The highest BCUT2D eigenvalue weighted by Gasteiger charge is 2.24. The summed E-state index contributed by atoms with van der Waals surface area (Å²) in [6.45, 7) is 5.85. The molecule has 0 bridgehead atoms. The Kier molecular flexibility index (Phi) is 4.94. The molecule has 1 aromatic heterocycles. The van der Waals surface area contributed by atoms with E-state index in [4.69, 9.17) is 9.72 Å². The monoisotopic (exact) mass is 367 g/mol. The number of hydrogen-bond donors (Lipinski definition) is 0. The number of aromatic nitrogens is 3. The Labute approximate surface area is 159 Å². The number of benzene rings is 1. The first-order valence-corrected chi connectivity index (χ1v) is 9.49. The minimum Gasteiger partial charge on any atom is -0.378 e. The van der Waals surface area contributed by atoms with Crippen LogP contribution in [0.4, 0.5) is 5.95 Å². The molecule has 3 heterocycles. The molecule has 0 unspecified atom stereocenters. The zero-order valence-corrected chi connectivity index (χ0v) is 15.8. The number of amides is 1. The normalized spacial score (nSPS) is 19.7. The molecule has 7 nitrogen and oxygen atoms in total. The van der Waals surface area contributed by atoms with Crippen molar-refractivity contribution < 1.29 is 9.53 Å². The highest BCUT2D eigenvalue weighted by Crippen LogP contribution is 2.22. The molecule has 2 aliphatic rings. The number of nitrogens with zero attached hydrogens (tertiary/aromatic N) is 5. The second-order valence-corrected chi connectivity index (χ2v) is 6.90. The van der Waals surface area contributed by atoms with E-state index in [2.05, 4.69) is 29.1 Å². The van der Waals surface area contributed by atoms with Gasteiger partial charge in [0.25, 0.3) is 5.91 Å². The molecule has 0 N–H and O–H groups in total. The molecule has 27 heavy (non-hydrogen) atoms. The molecule has 1 amide bonds. The van der Waals surface area contributed by atoms with Crippen LogP contribution in [0.5, 0.6) is 0 Å². The summed E-state index contributed by atoms with van der Waals surface area (Å²) in [6, 6.07) is 7.79. The van der Waals surface area contributed by atoms with Crippen molar-refractivity contribution in [1.29, 1.82) is 0 Å². The van der Waals surface area contributed by atoms with E-state index < -0.39 is 0 Å². The topological polar surface area (TPSA) is 63.5 Å². The van der Waals surface area contributed by atoms with Gasteiger partial charge in [-0.2, -0.15) is 4.98 Å². The van der Waals surface area contributed by atoms with Crippen LogP contribution in [0.2, 0.25) is 0 Å². The van der Waals surface area contributed by atoms with Crippen molar-refractivity contribution in [1.82, 2.24) is 19.7 Å². The van der Waals surface area contributed by atoms with Crippen molar-refractivity contribution in [2.75, 3.05) is 37.7 Å². The molecule has 1 atom stereocenters. The van der Waals surface area contributed by atoms with Gasteiger partial charge in [0, 0.05) is 37.8 Å². The van der Waals surface area contributed by atoms with E-state index in [1.54, 1.807) is 0 Å². The number of morpholine rings is 1. The molecule has 1 aromatic carbocycles. The lowest BCUT2D eigenvalue weighted by Crippen LogP contribution is -2.37. The van der Waals surface area contributed by atoms with Crippen LogP contribution in [0.1, 0.15) is 23.7 Å². The molecule has 2 aliphatic heterocycles. The summed E-state index contributed by atoms with van der Waals surface area (Å²) in [5.41, 5.74) is 1.61. The molecular weight excluding hydrogens is 342 g/mol. The third-order valence-electron chi connectivity index (χ3n) is 5.16. The number of carbonyl (C=O) groups is 1. The fourth-order valence-corrected chi connectivity index (χ4v) is 3.63. The Balaban J connectivity index is 1.52. The van der Waals surface area contributed by atoms with Crippen LogP contribution in [0.25, 0.3) is 11.4 Å². The highest BCUT2D eigenvalue weighted by atomic mass is 16.5. The van der Waals surface area contributed by atoms with Crippen LogP contribution < -0.4 is 4.90 Å². The van der Waals surface area contributed by atoms with Crippen molar-refractivity contribution in [3.63, 3.8) is 0 Å². The number of aryl methyl sites for hydroxylation is 1. The molecule has 4 rings (SSSR count). The quantitative estimate of drug-likeness (QED) is 0.775. The van der Waals surface area contributed by atoms with Gasteiger partial charge in [-0.1, -0.05) is 31.2 Å². The third kappa shape index (κ3) is 3.47. The molecule has 0 spiro atoms. The maximum Gasteiger partial charge on any atom is 0.254 e. The number of hydrogen-bond acceptors (Lipinski definition) is 5. The third-order valence-corrected chi connectivity index (χ3v) is 5.16. The Hall–Kier alpha value is -2.67. The Bertz CT molecular complexity index is 837. The van der Waals surface area contributed by atoms with E-state index in [1.807, 2.05) is 40.9 Å². The second-order valence-electron chi connectivity index (χ2n) is 6.90. The molecule has 142 valence electrons. The minimum atomic E-state index is 0.0707. The first-order valence-electron chi connectivity index (χ1n) is 9.49. The van der Waals surface area contributed by atoms with E-state index in [1.165, 1.54) is 0 Å². The fourth-order valence-electron chi connectivity index (χ4n) is 3.63. The summed E-state index contributed by atoms with van der Waals surface area (Å²) >= 11 is 0. The van der Waals surface area contributed by atoms with Crippen LogP contribution in [0, 0.1) is 0 Å². The summed E-state index contributed by atoms with van der Waals surface area (Å²) in [5, 5.41) is 4.55. The number of anilines is 1. The van der Waals surface area contributed by atoms with Crippen LogP contribution in [0.15, 0.2) is 36.4 Å². The summed E-state index contributed by atoms with van der Waals surface area (Å²) in [4.78, 5) is 21.5. The lowest BCUT2D eigenvalue weighted by atomic mass is 10.1. The fraction of sp³-hybridized carbons (Fsp3) is 0.450. The Morgan fingerprint density at radius 3 is 2.67 bits per heavy atom. The number of carbonyl (C=O) groups excluding carboxylic acids is 1. The SMILES string of the molecule is CC[C@@H]1C=CCN1C(=O)c1ccc(-c2nc(N3CCOCC3)n(C)n2)cc1. The molecule has 0 saturated carbocycles. The predicted octanol–water partition coefficient (Wildman–Crippen LogP) is 2.11. The van der Waals surface area contributed by atoms with Crippen molar-refractivity contribution in [2.24, 2.45) is 7.05 Å². The van der Waals surface area contributed by atoms with Gasteiger partial charge in [-0.25, -0.2) is 4.68 Å². The average Bonchev–Trinajstić information content (AvgIpc) is 3.34. The maximum absolute atomic E-state index is 12.8. The summed E-state index contributed by atoms with van der Waals surface area (Å²) in [6.07, 6.45) is 5.10. The van der Waals surface area contributed by atoms with Crippen LogP contribution in [-0.4, -0.2) is 64.5 Å². The van der Waals surface area contributed by atoms with Gasteiger partial charge in [0.15, 0.2) is 5.82 Å². The largest absolute Gasteiger partial charge is 0.378 e. The first kappa shape index (κ1) is 17.7. The molecule has 1 saturated heterocycles. The predicted molar refractivity (Wildman–Crippen MR) is 104 cm³/mol. The standard InChI is InChI=1S/C20H25N5O2/c1-3-17-5-4-10-25(17)19(26)16-8-6-15(7-9-16)18-21-20(23(2)22-18)24-11-13-27-14-12-24/h4-9,17H,3,10-14H2,1-2H3/t17-/m1/s1. The van der Waals surface area contributed by atoms with E-state index in [0.29, 0.717) is 31.1 Å². The maximum atomic E-state index is 12.8. The van der Waals surface area contributed by atoms with Gasteiger partial charge in [0.1, 0.15) is 0 Å². The molecule has 2 aromatic rings. The van der Waals surface area contributed by atoms with E-state index >= 15 is 0 Å². The van der Waals surface area contributed by atoms with Crippen LogP contribution >= 0.6 is 0 Å². The second kappa shape index (κ2) is 7.52. The van der Waals surface area contributed by atoms with E-state index in [0.717, 1.165) is 31.0 Å². The lowest BCUT2D eigenvalue weighted by Gasteiger charge is -2.26. The summed E-state index contributed by atoms with van der Waals surface area (Å²) in [5.74, 6) is 1.59. The average molecular weight is 367 g/mol. The highest BCUT2D eigenvalue weighted by molar-refractivity contribution is 5.95. The van der Waals surface area contributed by atoms with Crippen molar-refractivity contribution in [3.8, 4) is 11.4 Å². The Morgan fingerprint density at radius 1 is 1.22 bits per heavy atom. The smallest absolute Gasteiger partial charge is 0.254 e. The zero-order valence-electron chi connectivity index (χ0n) is 15.8. The van der Waals surface area contributed by atoms with Crippen molar-refractivity contribution in [2.45, 2.75) is 19.4 Å². The van der Waals surface area contributed by atoms with E-state index in [9.17, 15) is 4.79 Å². The van der Waals surface area contributed by atoms with Gasteiger partial charge in [0.05, 0.1) is 19.3 Å². The van der Waals surface area contributed by atoms with Crippen molar-refractivity contribution in [3.05, 3.63) is 42.0 Å². The van der Waals surface area contributed by atoms with Gasteiger partial charge in [0.2, 0.25) is 5.95 Å². The van der Waals surface area contributed by atoms with Gasteiger partial charge in [-0.05, 0) is 18.6 Å². The van der Waals surface area contributed by atoms with Gasteiger partial charge in [-0.15, -0.1) is 5.10 Å². The zero-order chi connectivity index (χ0) is 18.8. The Morgan fingerprint density at radius 2 is 1.96 bits per heavy atom. The molecule has 0 radical (unpaired) electrons. The summed E-state index contributed by atoms with van der Waals surface area (Å²) in [7, 11) is 1.91. The molecule has 7 heteroatoms. The van der Waals surface area contributed by atoms with Crippen molar-refractivity contribution >= 4 is 11.9 Å². The van der Waals surface area contributed by atoms with Crippen LogP contribution in [-0.2, 0) is 11.8 Å². The molecule has 1 fully saturated rings. The lowest BCUT2D eigenvalue weighted by molar-refractivity contribution is 0.0747. The number of ether oxygens (including phenoxy) is 1. The summed E-state index contributed by atoms with van der Waals surface area (Å²) < 4.78 is 7.21. The minimum absolute atomic E-state index is 0.0707. The molecule has 0 aliphatic carbocycles. The van der Waals surface area contributed by atoms with E-state index in [-0.39, 0.29) is 11.9 Å². The molecular formula is C20H25N5O2. The van der Waals surface area contributed by atoms with Gasteiger partial charge < -0.3 is 14.5 Å². The first-order chi connectivity index (χ1) is 13.2. The van der Waals surface area contributed by atoms with Gasteiger partial charge >= 0.3 is 0 Å². The van der Waals surface area contributed by atoms with Crippen LogP contribution in [0.3, 0.4) is 0 Å². The van der Waals surface area contributed by atoms with Gasteiger partial charge in [-0.3, -0.25) is 4.79 Å².